The van der Waals surface area contributed by atoms with Gasteiger partial charge in [-0.25, -0.2) is 10.2 Å². The molecule has 0 aliphatic heterocycles. The Balaban J connectivity index is 1.44. The zero-order valence-corrected chi connectivity index (χ0v) is 22.1. The molecule has 4 rings (SSSR count). The second kappa shape index (κ2) is 13.3. The van der Waals surface area contributed by atoms with E-state index in [0.29, 0.717) is 22.4 Å². The van der Waals surface area contributed by atoms with Crippen molar-refractivity contribution in [3.05, 3.63) is 137 Å². The minimum atomic E-state index is -0.592. The fraction of sp³-hybridized carbons (Fsp3) is 0.0625. The SMILES string of the molecule is CN(C)c1ccc(/C=C(\NC(=O)c2ccccc2)C(=O)N/N=C/c2ccc(OC(=O)c3ccccc3)cc2)cc1. The van der Waals surface area contributed by atoms with E-state index in [2.05, 4.69) is 15.8 Å². The Hall–Kier alpha value is -5.50. The van der Waals surface area contributed by atoms with E-state index in [4.69, 9.17) is 4.74 Å². The van der Waals surface area contributed by atoms with Crippen LogP contribution in [-0.4, -0.2) is 38.1 Å². The molecule has 8 heteroatoms. The van der Waals surface area contributed by atoms with Crippen molar-refractivity contribution in [3.8, 4) is 5.75 Å². The molecule has 0 aliphatic rings. The number of hydrazone groups is 1. The van der Waals surface area contributed by atoms with Gasteiger partial charge in [-0.3, -0.25) is 9.59 Å². The van der Waals surface area contributed by atoms with Crippen LogP contribution in [0.15, 0.2) is 120 Å². The van der Waals surface area contributed by atoms with Crippen LogP contribution in [0.5, 0.6) is 5.75 Å². The molecule has 0 heterocycles. The molecule has 0 radical (unpaired) electrons. The van der Waals surface area contributed by atoms with Crippen LogP contribution in [0.2, 0.25) is 0 Å². The number of ether oxygens (including phenoxy) is 1. The quantitative estimate of drug-likeness (QED) is 0.105. The number of carbonyl (C=O) groups excluding carboxylic acids is 3. The van der Waals surface area contributed by atoms with Crippen molar-refractivity contribution in [2.45, 2.75) is 0 Å². The van der Waals surface area contributed by atoms with Gasteiger partial charge in [0.15, 0.2) is 0 Å². The van der Waals surface area contributed by atoms with Crippen LogP contribution in [0, 0.1) is 0 Å². The summed E-state index contributed by atoms with van der Waals surface area (Å²) in [6.07, 6.45) is 3.03. The first kappa shape index (κ1) is 27.5. The summed E-state index contributed by atoms with van der Waals surface area (Å²) in [6, 6.07) is 31.5. The molecule has 0 spiro atoms. The highest BCUT2D eigenvalue weighted by Gasteiger charge is 2.14. The van der Waals surface area contributed by atoms with Gasteiger partial charge in [0.1, 0.15) is 11.4 Å². The van der Waals surface area contributed by atoms with Gasteiger partial charge in [0, 0.05) is 25.3 Å². The lowest BCUT2D eigenvalue weighted by molar-refractivity contribution is -0.117. The monoisotopic (exact) mass is 532 g/mol. The first-order valence-corrected chi connectivity index (χ1v) is 12.5. The standard InChI is InChI=1S/C32H28N4O4/c1-36(2)27-17-13-23(14-18-27)21-29(34-30(37)25-9-5-3-6-10-25)31(38)35-33-22-24-15-19-28(20-16-24)40-32(39)26-11-7-4-8-12-26/h3-22H,1-2H3,(H,34,37)(H,35,38)/b29-21-,33-22+. The Morgan fingerprint density at radius 3 is 1.90 bits per heavy atom. The van der Waals surface area contributed by atoms with Crippen molar-refractivity contribution in [3.63, 3.8) is 0 Å². The lowest BCUT2D eigenvalue weighted by Gasteiger charge is -2.12. The van der Waals surface area contributed by atoms with Gasteiger partial charge < -0.3 is 15.0 Å². The Morgan fingerprint density at radius 2 is 1.30 bits per heavy atom. The van der Waals surface area contributed by atoms with E-state index in [1.807, 2.05) is 49.3 Å². The van der Waals surface area contributed by atoms with Gasteiger partial charge in [0.2, 0.25) is 0 Å². The molecule has 0 saturated heterocycles. The van der Waals surface area contributed by atoms with Crippen LogP contribution in [0.4, 0.5) is 5.69 Å². The maximum atomic E-state index is 13.0. The summed E-state index contributed by atoms with van der Waals surface area (Å²) in [5.41, 5.74) is 5.76. The van der Waals surface area contributed by atoms with Crippen molar-refractivity contribution in [2.24, 2.45) is 5.10 Å². The first-order valence-electron chi connectivity index (χ1n) is 12.5. The number of benzene rings is 4. The minimum absolute atomic E-state index is 0.0341. The van der Waals surface area contributed by atoms with Crippen molar-refractivity contribution in [1.29, 1.82) is 0 Å². The summed E-state index contributed by atoms with van der Waals surface area (Å²) in [4.78, 5) is 40.0. The minimum Gasteiger partial charge on any atom is -0.423 e. The lowest BCUT2D eigenvalue weighted by Crippen LogP contribution is -2.32. The van der Waals surface area contributed by atoms with Gasteiger partial charge in [-0.2, -0.15) is 5.10 Å². The van der Waals surface area contributed by atoms with E-state index >= 15 is 0 Å². The Kier molecular flexibility index (Phi) is 9.18. The number of nitrogens with one attached hydrogen (secondary N) is 2. The first-order chi connectivity index (χ1) is 19.4. The van der Waals surface area contributed by atoms with Crippen LogP contribution >= 0.6 is 0 Å². The zero-order valence-electron chi connectivity index (χ0n) is 22.1. The molecule has 2 N–H and O–H groups in total. The second-order valence-corrected chi connectivity index (χ2v) is 8.89. The molecule has 4 aromatic rings. The maximum absolute atomic E-state index is 13.0. The molecule has 0 unspecified atom stereocenters. The number of amides is 2. The number of hydrogen-bond donors (Lipinski definition) is 2. The van der Waals surface area contributed by atoms with Crippen molar-refractivity contribution in [1.82, 2.24) is 10.7 Å². The van der Waals surface area contributed by atoms with Crippen LogP contribution in [0.25, 0.3) is 6.08 Å². The van der Waals surface area contributed by atoms with Gasteiger partial charge in [-0.1, -0.05) is 48.5 Å². The number of esters is 1. The Labute approximate surface area is 232 Å². The van der Waals surface area contributed by atoms with E-state index < -0.39 is 17.8 Å². The normalized spacial score (nSPS) is 11.1. The fourth-order valence-electron chi connectivity index (χ4n) is 3.57. The molecule has 4 aromatic carbocycles. The molecule has 0 bridgehead atoms. The molecule has 40 heavy (non-hydrogen) atoms. The summed E-state index contributed by atoms with van der Waals surface area (Å²) in [5.74, 6) is -1.09. The van der Waals surface area contributed by atoms with E-state index in [9.17, 15) is 14.4 Å². The number of anilines is 1. The van der Waals surface area contributed by atoms with E-state index in [1.165, 1.54) is 6.21 Å². The highest BCUT2D eigenvalue weighted by atomic mass is 16.5. The maximum Gasteiger partial charge on any atom is 0.343 e. The average Bonchev–Trinajstić information content (AvgIpc) is 2.98. The second-order valence-electron chi connectivity index (χ2n) is 8.89. The van der Waals surface area contributed by atoms with Gasteiger partial charge in [0.25, 0.3) is 11.8 Å². The summed E-state index contributed by atoms with van der Waals surface area (Å²) < 4.78 is 5.38. The molecule has 0 atom stereocenters. The summed E-state index contributed by atoms with van der Waals surface area (Å²) in [5, 5.41) is 6.71. The molecular weight excluding hydrogens is 504 g/mol. The highest BCUT2D eigenvalue weighted by molar-refractivity contribution is 6.05. The Morgan fingerprint density at radius 1 is 0.725 bits per heavy atom. The molecule has 2 amide bonds. The van der Waals surface area contributed by atoms with Crippen LogP contribution in [-0.2, 0) is 4.79 Å². The number of rotatable bonds is 9. The summed E-state index contributed by atoms with van der Waals surface area (Å²) >= 11 is 0. The Bertz CT molecular complexity index is 1510. The predicted molar refractivity (Wildman–Crippen MR) is 156 cm³/mol. The third kappa shape index (κ3) is 7.75. The van der Waals surface area contributed by atoms with E-state index in [-0.39, 0.29) is 5.70 Å². The van der Waals surface area contributed by atoms with Gasteiger partial charge in [-0.15, -0.1) is 0 Å². The molecule has 0 fully saturated rings. The zero-order chi connectivity index (χ0) is 28.3. The molecular formula is C32H28N4O4. The third-order valence-corrected chi connectivity index (χ3v) is 5.73. The number of hydrogen-bond acceptors (Lipinski definition) is 6. The number of nitrogens with zero attached hydrogens (tertiary/aromatic N) is 2. The molecule has 0 aliphatic carbocycles. The van der Waals surface area contributed by atoms with Crippen molar-refractivity contribution in [2.75, 3.05) is 19.0 Å². The third-order valence-electron chi connectivity index (χ3n) is 5.73. The van der Waals surface area contributed by atoms with Gasteiger partial charge in [-0.05, 0) is 77.9 Å². The topological polar surface area (TPSA) is 100 Å². The van der Waals surface area contributed by atoms with Crippen LogP contribution in [0.3, 0.4) is 0 Å². The van der Waals surface area contributed by atoms with Crippen molar-refractivity contribution >= 4 is 35.8 Å². The molecule has 0 saturated carbocycles. The lowest BCUT2D eigenvalue weighted by atomic mass is 10.1. The van der Waals surface area contributed by atoms with E-state index in [0.717, 1.165) is 11.3 Å². The van der Waals surface area contributed by atoms with Crippen LogP contribution in [0.1, 0.15) is 31.8 Å². The average molecular weight is 533 g/mol. The predicted octanol–water partition coefficient (Wildman–Crippen LogP) is 4.89. The largest absolute Gasteiger partial charge is 0.423 e. The molecule has 0 aromatic heterocycles. The molecule has 200 valence electrons. The molecule has 8 nitrogen and oxygen atoms in total. The van der Waals surface area contributed by atoms with Crippen LogP contribution < -0.4 is 20.4 Å². The summed E-state index contributed by atoms with van der Waals surface area (Å²) in [6.45, 7) is 0. The number of carbonyl (C=O) groups is 3. The highest BCUT2D eigenvalue weighted by Crippen LogP contribution is 2.15. The smallest absolute Gasteiger partial charge is 0.343 e. The fourth-order valence-corrected chi connectivity index (χ4v) is 3.57. The van der Waals surface area contributed by atoms with E-state index in [1.54, 1.807) is 84.9 Å². The van der Waals surface area contributed by atoms with Gasteiger partial charge in [0.05, 0.1) is 11.8 Å². The van der Waals surface area contributed by atoms with Crippen molar-refractivity contribution < 1.29 is 19.1 Å². The summed E-state index contributed by atoms with van der Waals surface area (Å²) in [7, 11) is 3.87. The van der Waals surface area contributed by atoms with Gasteiger partial charge >= 0.3 is 5.97 Å².